The van der Waals surface area contributed by atoms with Crippen molar-refractivity contribution >= 4 is 38.9 Å². The first-order valence-electron chi connectivity index (χ1n) is 6.63. The number of amides is 1. The van der Waals surface area contributed by atoms with Crippen molar-refractivity contribution in [3.05, 3.63) is 50.6 Å². The molecule has 0 bridgehead atoms. The Morgan fingerprint density at radius 2 is 2.09 bits per heavy atom. The van der Waals surface area contributed by atoms with E-state index in [4.69, 9.17) is 0 Å². The summed E-state index contributed by atoms with van der Waals surface area (Å²) in [6.45, 7) is 0.393. The zero-order chi connectivity index (χ0) is 17.0. The summed E-state index contributed by atoms with van der Waals surface area (Å²) >= 11 is 4.87. The van der Waals surface area contributed by atoms with Crippen LogP contribution in [0.5, 0.6) is 0 Å². The van der Waals surface area contributed by atoms with E-state index >= 15 is 0 Å². The van der Waals surface area contributed by atoms with Crippen LogP contribution in [0.25, 0.3) is 0 Å². The van der Waals surface area contributed by atoms with Crippen LogP contribution in [0, 0.1) is 0 Å². The highest BCUT2D eigenvalue weighted by molar-refractivity contribution is 9.10. The molecule has 1 heterocycles. The van der Waals surface area contributed by atoms with Crippen molar-refractivity contribution in [1.29, 1.82) is 0 Å². The molecule has 1 aromatic carbocycles. The first-order valence-corrected chi connectivity index (χ1v) is 8.31. The molecule has 8 heteroatoms. The van der Waals surface area contributed by atoms with E-state index in [9.17, 15) is 18.0 Å². The second-order valence-electron chi connectivity index (χ2n) is 4.91. The molecule has 0 unspecified atom stereocenters. The minimum Gasteiger partial charge on any atom is -0.376 e. The van der Waals surface area contributed by atoms with Gasteiger partial charge in [0.25, 0.3) is 0 Å². The predicted octanol–water partition coefficient (Wildman–Crippen LogP) is 4.60. The number of benzene rings is 1. The van der Waals surface area contributed by atoms with Crippen LogP contribution in [0.3, 0.4) is 0 Å². The van der Waals surface area contributed by atoms with Gasteiger partial charge in [0, 0.05) is 27.5 Å². The molecule has 0 spiro atoms. The molecule has 0 fully saturated rings. The molecule has 124 valence electrons. The number of hydrogen-bond acceptors (Lipinski definition) is 3. The third-order valence-electron chi connectivity index (χ3n) is 3.07. The number of rotatable bonds is 5. The molecule has 0 aliphatic rings. The van der Waals surface area contributed by atoms with Crippen LogP contribution < -0.4 is 5.32 Å². The van der Waals surface area contributed by atoms with Crippen molar-refractivity contribution in [2.75, 3.05) is 18.9 Å². The van der Waals surface area contributed by atoms with Gasteiger partial charge < -0.3 is 10.2 Å². The highest BCUT2D eigenvalue weighted by Gasteiger charge is 2.30. The Hall–Kier alpha value is -1.54. The van der Waals surface area contributed by atoms with Crippen molar-refractivity contribution in [2.24, 2.45) is 0 Å². The number of alkyl halides is 3. The summed E-state index contributed by atoms with van der Waals surface area (Å²) in [5.74, 6) is -0.202. The number of halogens is 4. The quantitative estimate of drug-likeness (QED) is 0.786. The molecule has 0 aliphatic heterocycles. The molecule has 2 rings (SSSR count). The Bertz CT molecular complexity index is 687. The summed E-state index contributed by atoms with van der Waals surface area (Å²) in [6.07, 6.45) is -4.40. The SMILES string of the molecule is CN(Cc1cc(Br)cs1)C(=O)CNc1cccc(C(F)(F)F)c1. The number of hydrogen-bond donors (Lipinski definition) is 1. The van der Waals surface area contributed by atoms with Crippen molar-refractivity contribution in [1.82, 2.24) is 4.90 Å². The van der Waals surface area contributed by atoms with Crippen LogP contribution in [-0.2, 0) is 17.5 Å². The smallest absolute Gasteiger partial charge is 0.376 e. The number of carbonyl (C=O) groups is 1. The lowest BCUT2D eigenvalue weighted by atomic mass is 10.2. The van der Waals surface area contributed by atoms with Crippen molar-refractivity contribution in [3.63, 3.8) is 0 Å². The zero-order valence-corrected chi connectivity index (χ0v) is 14.6. The van der Waals surface area contributed by atoms with E-state index < -0.39 is 11.7 Å². The van der Waals surface area contributed by atoms with Gasteiger partial charge in [0.15, 0.2) is 0 Å². The van der Waals surface area contributed by atoms with Gasteiger partial charge in [0.05, 0.1) is 18.7 Å². The Morgan fingerprint density at radius 3 is 2.70 bits per heavy atom. The van der Waals surface area contributed by atoms with Gasteiger partial charge in [-0.15, -0.1) is 11.3 Å². The van der Waals surface area contributed by atoms with E-state index in [1.54, 1.807) is 7.05 Å². The van der Waals surface area contributed by atoms with E-state index in [1.165, 1.54) is 28.4 Å². The third-order valence-corrected chi connectivity index (χ3v) is 4.76. The van der Waals surface area contributed by atoms with Gasteiger partial charge in [-0.1, -0.05) is 6.07 Å². The second kappa shape index (κ2) is 7.35. The largest absolute Gasteiger partial charge is 0.416 e. The number of anilines is 1. The van der Waals surface area contributed by atoms with Crippen molar-refractivity contribution < 1.29 is 18.0 Å². The summed E-state index contributed by atoms with van der Waals surface area (Å²) in [4.78, 5) is 14.6. The van der Waals surface area contributed by atoms with E-state index in [0.717, 1.165) is 21.5 Å². The average Bonchev–Trinajstić information content (AvgIpc) is 2.89. The Kier molecular flexibility index (Phi) is 5.69. The van der Waals surface area contributed by atoms with E-state index in [0.29, 0.717) is 6.54 Å². The maximum atomic E-state index is 12.6. The normalized spacial score (nSPS) is 11.3. The molecule has 2 aromatic rings. The molecule has 0 radical (unpaired) electrons. The first kappa shape index (κ1) is 17.8. The van der Waals surface area contributed by atoms with Gasteiger partial charge in [-0.2, -0.15) is 13.2 Å². The average molecular weight is 407 g/mol. The maximum absolute atomic E-state index is 12.6. The van der Waals surface area contributed by atoms with E-state index in [1.807, 2.05) is 11.4 Å². The van der Waals surface area contributed by atoms with Crippen LogP contribution in [0.2, 0.25) is 0 Å². The first-order chi connectivity index (χ1) is 10.8. The predicted molar refractivity (Wildman–Crippen MR) is 88.4 cm³/mol. The molecular weight excluding hydrogens is 393 g/mol. The minimum atomic E-state index is -4.40. The molecule has 0 saturated carbocycles. The number of likely N-dealkylation sites (N-methyl/N-ethyl adjacent to an activating group) is 1. The van der Waals surface area contributed by atoms with E-state index in [-0.39, 0.29) is 18.1 Å². The van der Waals surface area contributed by atoms with Crippen LogP contribution in [0.1, 0.15) is 10.4 Å². The van der Waals surface area contributed by atoms with Crippen LogP contribution in [-0.4, -0.2) is 24.4 Å². The fourth-order valence-corrected chi connectivity index (χ4v) is 3.38. The van der Waals surface area contributed by atoms with Gasteiger partial charge in [-0.25, -0.2) is 0 Å². The Balaban J connectivity index is 1.91. The highest BCUT2D eigenvalue weighted by Crippen LogP contribution is 2.30. The summed E-state index contributed by atoms with van der Waals surface area (Å²) in [6, 6.07) is 6.72. The summed E-state index contributed by atoms with van der Waals surface area (Å²) in [5, 5.41) is 4.66. The second-order valence-corrected chi connectivity index (χ2v) is 6.82. The lowest BCUT2D eigenvalue weighted by molar-refractivity contribution is -0.137. The maximum Gasteiger partial charge on any atom is 0.416 e. The van der Waals surface area contributed by atoms with Crippen molar-refractivity contribution in [2.45, 2.75) is 12.7 Å². The molecule has 1 amide bonds. The van der Waals surface area contributed by atoms with Gasteiger partial charge in [0.1, 0.15) is 0 Å². The van der Waals surface area contributed by atoms with Gasteiger partial charge in [-0.05, 0) is 40.2 Å². The standard InChI is InChI=1S/C15H14BrF3N2OS/c1-21(8-13-6-11(16)9-23-13)14(22)7-20-12-4-2-3-10(5-12)15(17,18)19/h2-6,9,20H,7-8H2,1H3. The lowest BCUT2D eigenvalue weighted by Crippen LogP contribution is -2.31. The lowest BCUT2D eigenvalue weighted by Gasteiger charge is -2.17. The van der Waals surface area contributed by atoms with Crippen LogP contribution in [0.4, 0.5) is 18.9 Å². The number of nitrogens with one attached hydrogen (secondary N) is 1. The molecule has 0 saturated heterocycles. The van der Waals surface area contributed by atoms with Gasteiger partial charge in [0.2, 0.25) is 5.91 Å². The summed E-state index contributed by atoms with van der Waals surface area (Å²) in [5.41, 5.74) is -0.479. The molecule has 1 aromatic heterocycles. The van der Waals surface area contributed by atoms with Crippen LogP contribution >= 0.6 is 27.3 Å². The molecule has 0 atom stereocenters. The number of carbonyl (C=O) groups excluding carboxylic acids is 1. The van der Waals surface area contributed by atoms with Crippen molar-refractivity contribution in [3.8, 4) is 0 Å². The minimum absolute atomic E-state index is 0.0651. The summed E-state index contributed by atoms with van der Waals surface area (Å²) in [7, 11) is 1.66. The molecule has 23 heavy (non-hydrogen) atoms. The zero-order valence-electron chi connectivity index (χ0n) is 12.2. The number of thiophene rings is 1. The Morgan fingerprint density at radius 1 is 1.35 bits per heavy atom. The number of nitrogens with zero attached hydrogens (tertiary/aromatic N) is 1. The van der Waals surface area contributed by atoms with Gasteiger partial charge in [-0.3, -0.25) is 4.79 Å². The molecular formula is C15H14BrF3N2OS. The monoisotopic (exact) mass is 406 g/mol. The molecule has 1 N–H and O–H groups in total. The fraction of sp³-hybridized carbons (Fsp3) is 0.267. The molecule has 0 aliphatic carbocycles. The van der Waals surface area contributed by atoms with E-state index in [2.05, 4.69) is 21.2 Å². The summed E-state index contributed by atoms with van der Waals surface area (Å²) < 4.78 is 38.9. The Labute approximate surface area is 144 Å². The fourth-order valence-electron chi connectivity index (χ4n) is 1.88. The van der Waals surface area contributed by atoms with Crippen LogP contribution in [0.15, 0.2) is 40.2 Å². The van der Waals surface area contributed by atoms with Gasteiger partial charge >= 0.3 is 6.18 Å². The topological polar surface area (TPSA) is 32.3 Å². The molecule has 3 nitrogen and oxygen atoms in total. The highest BCUT2D eigenvalue weighted by atomic mass is 79.9. The third kappa shape index (κ3) is 5.24.